The van der Waals surface area contributed by atoms with Crippen LogP contribution in [0, 0.1) is 9.94 Å². The Balaban J connectivity index is 2.56. The SMILES string of the molecule is Cc1nc2sc3nc(I)sc3c2s1. The molecule has 0 radical (unpaired) electrons. The zero-order valence-electron chi connectivity index (χ0n) is 6.50. The Morgan fingerprint density at radius 2 is 1.69 bits per heavy atom. The average Bonchev–Trinajstić information content (AvgIpc) is 2.60. The molecule has 3 heterocycles. The largest absolute Gasteiger partial charge is 0.230 e. The number of nitrogens with zero attached hydrogens (tertiary/aromatic N) is 2. The van der Waals surface area contributed by atoms with Crippen LogP contribution < -0.4 is 0 Å². The second kappa shape index (κ2) is 2.85. The first-order valence-electron chi connectivity index (χ1n) is 3.56. The molecule has 0 atom stereocenters. The van der Waals surface area contributed by atoms with Crippen LogP contribution >= 0.6 is 56.6 Å². The molecule has 0 aliphatic carbocycles. The van der Waals surface area contributed by atoms with Gasteiger partial charge in [-0.3, -0.25) is 0 Å². The van der Waals surface area contributed by atoms with Crippen molar-refractivity contribution >= 4 is 75.7 Å². The number of thiophene rings is 1. The van der Waals surface area contributed by atoms with Crippen molar-refractivity contribution in [3.63, 3.8) is 0 Å². The van der Waals surface area contributed by atoms with E-state index in [-0.39, 0.29) is 0 Å². The summed E-state index contributed by atoms with van der Waals surface area (Å²) in [6.07, 6.45) is 0. The summed E-state index contributed by atoms with van der Waals surface area (Å²) in [5, 5.41) is 1.14. The molecule has 0 aliphatic heterocycles. The molecule has 66 valence electrons. The molecule has 0 fully saturated rings. The number of halogens is 1. The van der Waals surface area contributed by atoms with Crippen LogP contribution in [0.15, 0.2) is 0 Å². The van der Waals surface area contributed by atoms with E-state index in [0.29, 0.717) is 0 Å². The topological polar surface area (TPSA) is 25.8 Å². The van der Waals surface area contributed by atoms with Crippen molar-refractivity contribution in [2.24, 2.45) is 0 Å². The van der Waals surface area contributed by atoms with Gasteiger partial charge in [0, 0.05) is 0 Å². The van der Waals surface area contributed by atoms with Crippen molar-refractivity contribution in [1.82, 2.24) is 9.97 Å². The highest BCUT2D eigenvalue weighted by atomic mass is 127. The number of aryl methyl sites for hydroxylation is 1. The fourth-order valence-corrected chi connectivity index (χ4v) is 5.54. The highest BCUT2D eigenvalue weighted by Crippen LogP contribution is 2.40. The van der Waals surface area contributed by atoms with Gasteiger partial charge in [0.05, 0.1) is 14.4 Å². The van der Waals surface area contributed by atoms with Crippen LogP contribution in [-0.4, -0.2) is 9.97 Å². The first-order chi connectivity index (χ1) is 6.24. The van der Waals surface area contributed by atoms with Gasteiger partial charge in [-0.25, -0.2) is 9.97 Å². The van der Waals surface area contributed by atoms with Crippen LogP contribution in [0.25, 0.3) is 19.1 Å². The third-order valence-electron chi connectivity index (χ3n) is 1.67. The van der Waals surface area contributed by atoms with Crippen LogP contribution in [0.2, 0.25) is 0 Å². The Morgan fingerprint density at radius 1 is 1.00 bits per heavy atom. The third kappa shape index (κ3) is 1.23. The molecule has 2 nitrogen and oxygen atoms in total. The predicted molar refractivity (Wildman–Crippen MR) is 68.1 cm³/mol. The zero-order chi connectivity index (χ0) is 9.00. The standard InChI is InChI=1S/C7H3IN2S3/c1-2-9-5-3(11-2)4-6(13-5)10-7(8)12-4/h1H3. The van der Waals surface area contributed by atoms with Gasteiger partial charge in [0.2, 0.25) is 0 Å². The molecular weight excluding hydrogens is 335 g/mol. The molecular formula is C7H3IN2S3. The van der Waals surface area contributed by atoms with Crippen molar-refractivity contribution in [2.75, 3.05) is 0 Å². The maximum Gasteiger partial charge on any atom is 0.156 e. The molecule has 0 aromatic carbocycles. The van der Waals surface area contributed by atoms with E-state index in [1.165, 1.54) is 9.40 Å². The van der Waals surface area contributed by atoms with Crippen molar-refractivity contribution in [3.8, 4) is 0 Å². The minimum Gasteiger partial charge on any atom is -0.230 e. The first kappa shape index (κ1) is 8.51. The lowest BCUT2D eigenvalue weighted by atomic mass is 10.6. The second-order valence-corrected chi connectivity index (χ2v) is 7.50. The van der Waals surface area contributed by atoms with E-state index in [0.717, 1.165) is 17.7 Å². The summed E-state index contributed by atoms with van der Waals surface area (Å²) in [5.41, 5.74) is 0. The molecule has 0 amide bonds. The first-order valence-corrected chi connectivity index (χ1v) is 7.09. The van der Waals surface area contributed by atoms with Gasteiger partial charge in [-0.05, 0) is 29.5 Å². The van der Waals surface area contributed by atoms with E-state index in [9.17, 15) is 0 Å². The second-order valence-electron chi connectivity index (χ2n) is 2.57. The maximum atomic E-state index is 4.45. The van der Waals surface area contributed by atoms with Gasteiger partial charge in [0.25, 0.3) is 0 Å². The summed E-state index contributed by atoms with van der Waals surface area (Å²) in [6.45, 7) is 2.05. The molecule has 3 aromatic rings. The Morgan fingerprint density at radius 3 is 2.54 bits per heavy atom. The number of aromatic nitrogens is 2. The normalized spacial score (nSPS) is 11.8. The molecule has 0 N–H and O–H groups in total. The fourth-order valence-electron chi connectivity index (χ4n) is 1.21. The van der Waals surface area contributed by atoms with E-state index in [2.05, 4.69) is 39.5 Å². The number of rotatable bonds is 0. The lowest BCUT2D eigenvalue weighted by molar-refractivity contribution is 1.36. The molecule has 3 aromatic heterocycles. The van der Waals surface area contributed by atoms with Gasteiger partial charge >= 0.3 is 0 Å². The number of fused-ring (bicyclic) bond motifs is 3. The number of hydrogen-bond donors (Lipinski definition) is 0. The average molecular weight is 338 g/mol. The molecule has 3 rings (SSSR count). The van der Waals surface area contributed by atoms with Gasteiger partial charge in [-0.1, -0.05) is 11.3 Å². The van der Waals surface area contributed by atoms with Crippen LogP contribution in [-0.2, 0) is 0 Å². The van der Waals surface area contributed by atoms with Crippen molar-refractivity contribution in [3.05, 3.63) is 8.02 Å². The molecule has 0 bridgehead atoms. The summed E-state index contributed by atoms with van der Waals surface area (Å²) < 4.78 is 3.75. The lowest BCUT2D eigenvalue weighted by Gasteiger charge is -1.72. The number of hydrogen-bond acceptors (Lipinski definition) is 5. The van der Waals surface area contributed by atoms with Crippen molar-refractivity contribution < 1.29 is 0 Å². The summed E-state index contributed by atoms with van der Waals surface area (Å²) >= 11 is 7.49. The van der Waals surface area contributed by atoms with Crippen molar-refractivity contribution in [2.45, 2.75) is 6.92 Å². The highest BCUT2D eigenvalue weighted by Gasteiger charge is 2.12. The minimum absolute atomic E-state index is 1.12. The van der Waals surface area contributed by atoms with E-state index in [4.69, 9.17) is 0 Å². The lowest BCUT2D eigenvalue weighted by Crippen LogP contribution is -1.61. The van der Waals surface area contributed by atoms with Crippen LogP contribution in [0.3, 0.4) is 0 Å². The van der Waals surface area contributed by atoms with Gasteiger partial charge in [-0.2, -0.15) is 0 Å². The Labute approximate surface area is 99.8 Å². The van der Waals surface area contributed by atoms with E-state index in [1.807, 2.05) is 0 Å². The predicted octanol–water partition coefficient (Wildman–Crippen LogP) is 3.88. The third-order valence-corrected chi connectivity index (χ3v) is 5.79. The Hall–Kier alpha value is 0.210. The van der Waals surface area contributed by atoms with Crippen molar-refractivity contribution in [1.29, 1.82) is 0 Å². The molecule has 0 saturated heterocycles. The van der Waals surface area contributed by atoms with E-state index in [1.54, 1.807) is 34.0 Å². The molecule has 0 unspecified atom stereocenters. The van der Waals surface area contributed by atoms with Crippen LogP contribution in [0.4, 0.5) is 0 Å². The Kier molecular flexibility index (Phi) is 1.87. The molecule has 0 spiro atoms. The molecule has 0 aliphatic rings. The maximum absolute atomic E-state index is 4.45. The highest BCUT2D eigenvalue weighted by molar-refractivity contribution is 14.1. The quantitative estimate of drug-likeness (QED) is 0.582. The van der Waals surface area contributed by atoms with Crippen LogP contribution in [0.1, 0.15) is 5.01 Å². The molecule has 13 heavy (non-hydrogen) atoms. The van der Waals surface area contributed by atoms with Gasteiger partial charge < -0.3 is 0 Å². The summed E-state index contributed by atoms with van der Waals surface area (Å²) in [5.74, 6) is 0. The minimum atomic E-state index is 1.12. The van der Waals surface area contributed by atoms with E-state index >= 15 is 0 Å². The fraction of sp³-hybridized carbons (Fsp3) is 0.143. The van der Waals surface area contributed by atoms with Gasteiger partial charge in [0.1, 0.15) is 9.66 Å². The number of thiazole rings is 2. The summed E-state index contributed by atoms with van der Waals surface area (Å²) in [4.78, 5) is 11.2. The van der Waals surface area contributed by atoms with Gasteiger partial charge in [0.15, 0.2) is 3.01 Å². The Bertz CT molecular complexity index is 540. The summed E-state index contributed by atoms with van der Waals surface area (Å²) in [7, 11) is 0. The molecule has 0 saturated carbocycles. The van der Waals surface area contributed by atoms with Crippen LogP contribution in [0.5, 0.6) is 0 Å². The summed E-state index contributed by atoms with van der Waals surface area (Å²) in [6, 6.07) is 0. The van der Waals surface area contributed by atoms with E-state index < -0.39 is 0 Å². The smallest absolute Gasteiger partial charge is 0.156 e. The monoisotopic (exact) mass is 338 g/mol. The zero-order valence-corrected chi connectivity index (χ0v) is 11.1. The molecule has 6 heteroatoms. The van der Waals surface area contributed by atoms with Gasteiger partial charge in [-0.15, -0.1) is 22.7 Å².